The molecule has 0 aromatic heterocycles. The third-order valence-corrected chi connectivity index (χ3v) is 3.36. The Hall–Kier alpha value is -1.45. The van der Waals surface area contributed by atoms with Gasteiger partial charge in [-0.3, -0.25) is 5.43 Å². The van der Waals surface area contributed by atoms with Gasteiger partial charge in [0.25, 0.3) is 0 Å². The fourth-order valence-electron chi connectivity index (χ4n) is 1.40. The van der Waals surface area contributed by atoms with E-state index in [2.05, 4.69) is 28.9 Å². The van der Waals surface area contributed by atoms with Gasteiger partial charge in [0.2, 0.25) is 0 Å². The number of halogens is 1. The number of hydrogen-bond acceptors (Lipinski definition) is 3. The zero-order chi connectivity index (χ0) is 12.8. The molecule has 0 fully saturated rings. The van der Waals surface area contributed by atoms with Crippen molar-refractivity contribution in [2.45, 2.75) is 4.90 Å². The van der Waals surface area contributed by atoms with Gasteiger partial charge in [0, 0.05) is 9.92 Å². The minimum atomic E-state index is 0.720. The van der Waals surface area contributed by atoms with E-state index in [9.17, 15) is 0 Å². The molecule has 0 aliphatic heterocycles. The normalized spacial score (nSPS) is 10.8. The summed E-state index contributed by atoms with van der Waals surface area (Å²) in [6.07, 6.45) is 3.85. The molecule has 0 unspecified atom stereocenters. The maximum atomic E-state index is 5.80. The van der Waals surface area contributed by atoms with Gasteiger partial charge < -0.3 is 0 Å². The molecule has 2 rings (SSSR count). The molecule has 0 bridgehead atoms. The predicted molar refractivity (Wildman–Crippen MR) is 80.9 cm³/mol. The predicted octanol–water partition coefficient (Wildman–Crippen LogP) is 4.51. The Morgan fingerprint density at radius 3 is 2.33 bits per heavy atom. The lowest BCUT2D eigenvalue weighted by Gasteiger charge is -2.00. The van der Waals surface area contributed by atoms with Crippen LogP contribution < -0.4 is 5.43 Å². The van der Waals surface area contributed by atoms with E-state index in [0.717, 1.165) is 16.3 Å². The lowest BCUT2D eigenvalue weighted by molar-refractivity contribution is 1.35. The molecule has 0 spiro atoms. The van der Waals surface area contributed by atoms with Crippen LogP contribution in [-0.2, 0) is 0 Å². The van der Waals surface area contributed by atoms with E-state index in [1.54, 1.807) is 18.0 Å². The number of thioether (sulfide) groups is 1. The van der Waals surface area contributed by atoms with Crippen molar-refractivity contribution in [3.05, 3.63) is 59.1 Å². The number of benzene rings is 2. The van der Waals surface area contributed by atoms with Crippen LogP contribution in [-0.4, -0.2) is 12.5 Å². The highest BCUT2D eigenvalue weighted by Crippen LogP contribution is 2.15. The van der Waals surface area contributed by atoms with E-state index < -0.39 is 0 Å². The second kappa shape index (κ2) is 6.47. The summed E-state index contributed by atoms with van der Waals surface area (Å²) >= 11 is 7.53. The maximum absolute atomic E-state index is 5.80. The minimum absolute atomic E-state index is 0.720. The molecule has 0 aliphatic carbocycles. The summed E-state index contributed by atoms with van der Waals surface area (Å²) in [4.78, 5) is 1.25. The summed E-state index contributed by atoms with van der Waals surface area (Å²) in [5.74, 6) is 0. The Kier molecular flexibility index (Phi) is 4.67. The van der Waals surface area contributed by atoms with Crippen molar-refractivity contribution in [3.63, 3.8) is 0 Å². The molecule has 2 aromatic carbocycles. The summed E-state index contributed by atoms with van der Waals surface area (Å²) in [5.41, 5.74) is 4.93. The first-order valence-corrected chi connectivity index (χ1v) is 7.07. The summed E-state index contributed by atoms with van der Waals surface area (Å²) in [6, 6.07) is 15.7. The zero-order valence-electron chi connectivity index (χ0n) is 9.93. The van der Waals surface area contributed by atoms with Crippen molar-refractivity contribution in [2.75, 3.05) is 11.7 Å². The first-order chi connectivity index (χ1) is 8.78. The molecular weight excluding hydrogens is 264 g/mol. The molecule has 0 saturated carbocycles. The third kappa shape index (κ3) is 3.79. The molecule has 0 heterocycles. The molecule has 0 aliphatic rings. The second-order valence-corrected chi connectivity index (χ2v) is 4.97. The molecule has 4 heteroatoms. The fraction of sp³-hybridized carbons (Fsp3) is 0.0714. The van der Waals surface area contributed by atoms with E-state index in [-0.39, 0.29) is 0 Å². The lowest BCUT2D eigenvalue weighted by atomic mass is 10.2. The van der Waals surface area contributed by atoms with Gasteiger partial charge in [0.05, 0.1) is 11.9 Å². The van der Waals surface area contributed by atoms with E-state index in [1.807, 2.05) is 36.4 Å². The molecule has 0 saturated heterocycles. The minimum Gasteiger partial charge on any atom is -0.279 e. The summed E-state index contributed by atoms with van der Waals surface area (Å²) in [6.45, 7) is 0. The molecular formula is C14H13ClN2S. The van der Waals surface area contributed by atoms with Crippen LogP contribution in [0.25, 0.3) is 0 Å². The Balaban J connectivity index is 1.96. The Bertz CT molecular complexity index is 520. The van der Waals surface area contributed by atoms with Gasteiger partial charge in [-0.1, -0.05) is 23.7 Å². The maximum Gasteiger partial charge on any atom is 0.0562 e. The monoisotopic (exact) mass is 276 g/mol. The van der Waals surface area contributed by atoms with Crippen LogP contribution in [0.2, 0.25) is 5.02 Å². The highest BCUT2D eigenvalue weighted by molar-refractivity contribution is 7.98. The van der Waals surface area contributed by atoms with Crippen molar-refractivity contribution in [2.24, 2.45) is 5.10 Å². The van der Waals surface area contributed by atoms with Crippen molar-refractivity contribution in [3.8, 4) is 0 Å². The summed E-state index contributed by atoms with van der Waals surface area (Å²) in [5, 5.41) is 4.89. The van der Waals surface area contributed by atoms with E-state index >= 15 is 0 Å². The molecule has 2 nitrogen and oxygen atoms in total. The van der Waals surface area contributed by atoms with Crippen molar-refractivity contribution < 1.29 is 0 Å². The van der Waals surface area contributed by atoms with Crippen LogP contribution in [0.3, 0.4) is 0 Å². The average Bonchev–Trinajstić information content (AvgIpc) is 2.42. The molecule has 0 amide bonds. The number of nitrogens with one attached hydrogen (secondary N) is 1. The lowest BCUT2D eigenvalue weighted by Crippen LogP contribution is -1.90. The van der Waals surface area contributed by atoms with Crippen LogP contribution >= 0.6 is 23.4 Å². The van der Waals surface area contributed by atoms with Crippen molar-refractivity contribution in [1.29, 1.82) is 0 Å². The van der Waals surface area contributed by atoms with E-state index in [4.69, 9.17) is 11.6 Å². The van der Waals surface area contributed by atoms with E-state index in [0.29, 0.717) is 0 Å². The summed E-state index contributed by atoms with van der Waals surface area (Å²) < 4.78 is 0. The molecule has 92 valence electrons. The largest absolute Gasteiger partial charge is 0.279 e. The van der Waals surface area contributed by atoms with Gasteiger partial charge in [-0.25, -0.2) is 0 Å². The quantitative estimate of drug-likeness (QED) is 0.505. The third-order valence-electron chi connectivity index (χ3n) is 2.37. The molecule has 18 heavy (non-hydrogen) atoms. The molecule has 1 N–H and O–H groups in total. The van der Waals surface area contributed by atoms with Crippen LogP contribution in [0.15, 0.2) is 58.5 Å². The van der Waals surface area contributed by atoms with Gasteiger partial charge in [-0.15, -0.1) is 11.8 Å². The van der Waals surface area contributed by atoms with Crippen molar-refractivity contribution >= 4 is 35.3 Å². The number of hydrazone groups is 1. The van der Waals surface area contributed by atoms with Crippen LogP contribution in [0.5, 0.6) is 0 Å². The number of hydrogen-bond donors (Lipinski definition) is 1. The van der Waals surface area contributed by atoms with Crippen LogP contribution in [0.4, 0.5) is 5.69 Å². The van der Waals surface area contributed by atoms with Crippen molar-refractivity contribution in [1.82, 2.24) is 0 Å². The summed E-state index contributed by atoms with van der Waals surface area (Å²) in [7, 11) is 0. The van der Waals surface area contributed by atoms with Gasteiger partial charge in [0.1, 0.15) is 0 Å². The van der Waals surface area contributed by atoms with Gasteiger partial charge in [0.15, 0.2) is 0 Å². The van der Waals surface area contributed by atoms with Crippen LogP contribution in [0, 0.1) is 0 Å². The number of anilines is 1. The van der Waals surface area contributed by atoms with Gasteiger partial charge >= 0.3 is 0 Å². The highest BCUT2D eigenvalue weighted by atomic mass is 35.5. The standard InChI is InChI=1S/C14H13ClN2S/c1-18-14-8-2-11(3-9-14)10-16-17-13-6-4-12(15)5-7-13/h2-10,17H,1H3. The smallest absolute Gasteiger partial charge is 0.0562 e. The first kappa shape index (κ1) is 13.0. The molecule has 2 aromatic rings. The molecule has 0 atom stereocenters. The highest BCUT2D eigenvalue weighted by Gasteiger charge is 1.91. The SMILES string of the molecule is CSc1ccc(C=NNc2ccc(Cl)cc2)cc1. The second-order valence-electron chi connectivity index (χ2n) is 3.65. The van der Waals surface area contributed by atoms with Crippen LogP contribution in [0.1, 0.15) is 5.56 Å². The molecule has 0 radical (unpaired) electrons. The Labute approximate surface area is 116 Å². The zero-order valence-corrected chi connectivity index (χ0v) is 11.5. The average molecular weight is 277 g/mol. The van der Waals surface area contributed by atoms with Gasteiger partial charge in [-0.05, 0) is 48.2 Å². The van der Waals surface area contributed by atoms with E-state index in [1.165, 1.54) is 4.90 Å². The van der Waals surface area contributed by atoms with Gasteiger partial charge in [-0.2, -0.15) is 5.10 Å². The Morgan fingerprint density at radius 2 is 1.72 bits per heavy atom. The fourth-order valence-corrected chi connectivity index (χ4v) is 1.93. The Morgan fingerprint density at radius 1 is 1.06 bits per heavy atom. The number of rotatable bonds is 4. The first-order valence-electron chi connectivity index (χ1n) is 5.46. The number of nitrogens with zero attached hydrogens (tertiary/aromatic N) is 1. The topological polar surface area (TPSA) is 24.4 Å².